The molecule has 1 aliphatic carbocycles. The Morgan fingerprint density at radius 1 is 1.12 bits per heavy atom. The summed E-state index contributed by atoms with van der Waals surface area (Å²) in [6.07, 6.45) is -2.45. The summed E-state index contributed by atoms with van der Waals surface area (Å²) in [6.45, 7) is 8.28. The highest BCUT2D eigenvalue weighted by atomic mass is 16.6. The van der Waals surface area contributed by atoms with Crippen molar-refractivity contribution in [1.29, 1.82) is 0 Å². The van der Waals surface area contributed by atoms with Crippen molar-refractivity contribution in [1.82, 2.24) is 0 Å². The lowest BCUT2D eigenvalue weighted by atomic mass is 9.70. The summed E-state index contributed by atoms with van der Waals surface area (Å²) in [4.78, 5) is 36.5. The Bertz CT molecular complexity index is 486. The van der Waals surface area contributed by atoms with Crippen LogP contribution in [0.25, 0.3) is 0 Å². The van der Waals surface area contributed by atoms with Gasteiger partial charge < -0.3 is 19.3 Å². The predicted molar refractivity (Wildman–Crippen MR) is 89.6 cm³/mol. The van der Waals surface area contributed by atoms with Gasteiger partial charge in [0.2, 0.25) is 0 Å². The number of esters is 2. The number of aliphatic hydroxyl groups is 1. The second kappa shape index (κ2) is 9.29. The van der Waals surface area contributed by atoms with Crippen LogP contribution in [0.4, 0.5) is 0 Å². The number of carbonyl (C=O) groups excluding carboxylic acids is 3. The maximum atomic E-state index is 12.8. The van der Waals surface area contributed by atoms with E-state index in [2.05, 4.69) is 0 Å². The molecule has 25 heavy (non-hydrogen) atoms. The van der Waals surface area contributed by atoms with Crippen LogP contribution in [0.15, 0.2) is 0 Å². The number of methoxy groups -OCH3 is 1. The summed E-state index contributed by atoms with van der Waals surface area (Å²) in [5.41, 5.74) is 0. The Kier molecular flexibility index (Phi) is 8.02. The van der Waals surface area contributed by atoms with E-state index in [4.69, 9.17) is 14.2 Å². The Morgan fingerprint density at radius 3 is 2.12 bits per heavy atom. The molecule has 0 aromatic heterocycles. The zero-order valence-corrected chi connectivity index (χ0v) is 15.9. The molecule has 1 aliphatic rings. The lowest BCUT2D eigenvalue weighted by molar-refractivity contribution is -0.199. The molecular formula is C18H30O7. The summed E-state index contributed by atoms with van der Waals surface area (Å²) < 4.78 is 16.3. The molecule has 7 heteroatoms. The summed E-state index contributed by atoms with van der Waals surface area (Å²) in [5, 5.41) is 9.66. The van der Waals surface area contributed by atoms with Gasteiger partial charge in [-0.2, -0.15) is 0 Å². The van der Waals surface area contributed by atoms with Crippen LogP contribution in [0.3, 0.4) is 0 Å². The zero-order chi connectivity index (χ0) is 19.3. The fourth-order valence-corrected chi connectivity index (χ4v) is 3.40. The third-order valence-electron chi connectivity index (χ3n) is 4.47. The van der Waals surface area contributed by atoms with Gasteiger partial charge in [0.15, 0.2) is 11.9 Å². The molecule has 0 spiro atoms. The van der Waals surface area contributed by atoms with E-state index in [1.54, 1.807) is 0 Å². The van der Waals surface area contributed by atoms with Gasteiger partial charge in [0.1, 0.15) is 12.2 Å². The summed E-state index contributed by atoms with van der Waals surface area (Å²) in [7, 11) is 1.40. The Morgan fingerprint density at radius 2 is 1.72 bits per heavy atom. The van der Waals surface area contributed by atoms with Crippen molar-refractivity contribution in [3.05, 3.63) is 0 Å². The number of Topliss-reactive ketones (excluding diaryl/α,β-unsaturated/α-hetero) is 1. The molecule has 0 saturated heterocycles. The van der Waals surface area contributed by atoms with Crippen molar-refractivity contribution in [3.8, 4) is 0 Å². The molecule has 0 unspecified atom stereocenters. The molecule has 0 aliphatic heterocycles. The first kappa shape index (κ1) is 21.6. The summed E-state index contributed by atoms with van der Waals surface area (Å²) in [5.74, 6) is -2.87. The Balaban J connectivity index is 3.23. The van der Waals surface area contributed by atoms with Gasteiger partial charge in [-0.25, -0.2) is 0 Å². The lowest BCUT2D eigenvalue weighted by Crippen LogP contribution is -2.61. The molecule has 1 saturated carbocycles. The van der Waals surface area contributed by atoms with E-state index in [9.17, 15) is 19.5 Å². The maximum Gasteiger partial charge on any atom is 0.306 e. The molecule has 0 radical (unpaired) electrons. The number of hydrogen-bond acceptors (Lipinski definition) is 7. The second-order valence-corrected chi connectivity index (χ2v) is 7.30. The first-order valence-electron chi connectivity index (χ1n) is 8.68. The largest absolute Gasteiger partial charge is 0.459 e. The van der Waals surface area contributed by atoms with Crippen LogP contribution in [0, 0.1) is 23.7 Å². The average Bonchev–Trinajstić information content (AvgIpc) is 2.48. The number of rotatable bonds is 7. The highest BCUT2D eigenvalue weighted by molar-refractivity contribution is 5.89. The third kappa shape index (κ3) is 5.25. The number of hydrogen-bond donors (Lipinski definition) is 1. The van der Waals surface area contributed by atoms with Gasteiger partial charge in [0, 0.05) is 26.4 Å². The second-order valence-electron chi connectivity index (χ2n) is 7.30. The van der Waals surface area contributed by atoms with Crippen LogP contribution in [-0.4, -0.2) is 54.9 Å². The van der Waals surface area contributed by atoms with E-state index >= 15 is 0 Å². The smallest absolute Gasteiger partial charge is 0.306 e. The Hall–Kier alpha value is -1.47. The number of ketones is 1. The molecule has 5 atom stereocenters. The van der Waals surface area contributed by atoms with Gasteiger partial charge in [-0.15, -0.1) is 0 Å². The maximum absolute atomic E-state index is 12.8. The molecule has 7 nitrogen and oxygen atoms in total. The normalized spacial score (nSPS) is 29.8. The minimum atomic E-state index is -1.07. The van der Waals surface area contributed by atoms with Crippen molar-refractivity contribution in [2.45, 2.75) is 59.4 Å². The van der Waals surface area contributed by atoms with E-state index in [0.717, 1.165) is 0 Å². The van der Waals surface area contributed by atoms with Gasteiger partial charge in [-0.05, 0) is 11.8 Å². The van der Waals surface area contributed by atoms with Gasteiger partial charge in [-0.1, -0.05) is 27.7 Å². The first-order valence-corrected chi connectivity index (χ1v) is 8.68. The molecule has 0 amide bonds. The topological polar surface area (TPSA) is 99.1 Å². The average molecular weight is 358 g/mol. The van der Waals surface area contributed by atoms with Crippen LogP contribution in [0.5, 0.6) is 0 Å². The molecule has 1 rings (SSSR count). The minimum absolute atomic E-state index is 0.0910. The van der Waals surface area contributed by atoms with Crippen molar-refractivity contribution >= 4 is 17.7 Å². The predicted octanol–water partition coefficient (Wildman–Crippen LogP) is 1.35. The number of aliphatic hydroxyl groups excluding tert-OH is 1. The van der Waals surface area contributed by atoms with Gasteiger partial charge in [0.05, 0.1) is 12.5 Å². The van der Waals surface area contributed by atoms with Crippen LogP contribution in [0.1, 0.15) is 41.0 Å². The summed E-state index contributed by atoms with van der Waals surface area (Å²) in [6, 6.07) is 0. The van der Waals surface area contributed by atoms with Gasteiger partial charge in [-0.3, -0.25) is 14.4 Å². The van der Waals surface area contributed by atoms with Crippen molar-refractivity contribution in [2.75, 3.05) is 13.7 Å². The quantitative estimate of drug-likeness (QED) is 0.686. The minimum Gasteiger partial charge on any atom is -0.459 e. The van der Waals surface area contributed by atoms with Gasteiger partial charge >= 0.3 is 11.9 Å². The summed E-state index contributed by atoms with van der Waals surface area (Å²) >= 11 is 0. The number of carbonyl (C=O) groups is 3. The molecule has 0 heterocycles. The third-order valence-corrected chi connectivity index (χ3v) is 4.47. The van der Waals surface area contributed by atoms with E-state index in [-0.39, 0.29) is 18.3 Å². The fraction of sp³-hybridized carbons (Fsp3) is 0.833. The highest BCUT2D eigenvalue weighted by Crippen LogP contribution is 2.37. The van der Waals surface area contributed by atoms with E-state index in [1.807, 2.05) is 27.7 Å². The van der Waals surface area contributed by atoms with Crippen molar-refractivity contribution < 1.29 is 33.7 Å². The molecule has 144 valence electrons. The molecule has 1 fully saturated rings. The van der Waals surface area contributed by atoms with Crippen molar-refractivity contribution in [2.24, 2.45) is 23.7 Å². The van der Waals surface area contributed by atoms with Crippen LogP contribution >= 0.6 is 0 Å². The van der Waals surface area contributed by atoms with Gasteiger partial charge in [0.25, 0.3) is 0 Å². The van der Waals surface area contributed by atoms with Crippen molar-refractivity contribution in [3.63, 3.8) is 0 Å². The van der Waals surface area contributed by atoms with Crippen LogP contribution in [0.2, 0.25) is 0 Å². The lowest BCUT2D eigenvalue weighted by Gasteiger charge is -2.45. The van der Waals surface area contributed by atoms with E-state index in [1.165, 1.54) is 14.0 Å². The molecule has 0 bridgehead atoms. The zero-order valence-electron chi connectivity index (χ0n) is 15.9. The number of ether oxygens (including phenoxy) is 3. The molecule has 0 aromatic rings. The Labute approximate surface area is 149 Å². The fourth-order valence-electron chi connectivity index (χ4n) is 3.40. The van der Waals surface area contributed by atoms with Crippen LogP contribution in [-0.2, 0) is 28.6 Å². The SMILES string of the molecule is CO[C@H]1[C@@H](OC(C)=O)[C@@H](C(C)C)[C@H](OC(=O)CC(C)C)C(=O)[C@H]1CO. The van der Waals surface area contributed by atoms with Crippen LogP contribution < -0.4 is 0 Å². The molecular weight excluding hydrogens is 328 g/mol. The monoisotopic (exact) mass is 358 g/mol. The van der Waals surface area contributed by atoms with E-state index < -0.39 is 54.5 Å². The standard InChI is InChI=1S/C18H30O7/c1-9(2)7-13(21)25-17-14(10(3)4)18(24-11(5)20)16(23-6)12(8-19)15(17)22/h9-10,12,14,16-19H,7-8H2,1-6H3/t12-,14+,16-,17+,18+/m1/s1. The first-order chi connectivity index (χ1) is 11.6. The van der Waals surface area contributed by atoms with E-state index in [0.29, 0.717) is 0 Å². The molecule has 1 N–H and O–H groups in total. The highest BCUT2D eigenvalue weighted by Gasteiger charge is 2.54. The molecule has 0 aromatic carbocycles.